The fourth-order valence-electron chi connectivity index (χ4n) is 2.28. The summed E-state index contributed by atoms with van der Waals surface area (Å²) in [5.74, 6) is 0.0557. The van der Waals surface area contributed by atoms with E-state index in [-0.39, 0.29) is 17.2 Å². The average Bonchev–Trinajstić information content (AvgIpc) is 2.41. The Labute approximate surface area is 118 Å². The van der Waals surface area contributed by atoms with E-state index in [4.69, 9.17) is 0 Å². The molecule has 1 aromatic heterocycles. The second-order valence-corrected chi connectivity index (χ2v) is 5.20. The molecule has 0 spiro atoms. The summed E-state index contributed by atoms with van der Waals surface area (Å²) in [4.78, 5) is 12.5. The molecule has 0 radical (unpaired) electrons. The molecular formula is C16H20N2O2. The van der Waals surface area contributed by atoms with E-state index in [1.165, 1.54) is 4.68 Å². The summed E-state index contributed by atoms with van der Waals surface area (Å²) >= 11 is 0. The van der Waals surface area contributed by atoms with Crippen LogP contribution in [-0.4, -0.2) is 14.9 Å². The van der Waals surface area contributed by atoms with E-state index in [1.807, 2.05) is 52.0 Å². The quantitative estimate of drug-likeness (QED) is 0.934. The highest BCUT2D eigenvalue weighted by Crippen LogP contribution is 2.33. The summed E-state index contributed by atoms with van der Waals surface area (Å²) < 4.78 is 1.41. The molecule has 0 aliphatic carbocycles. The normalized spacial score (nSPS) is 11.1. The van der Waals surface area contributed by atoms with Crippen LogP contribution in [-0.2, 0) is 6.54 Å². The monoisotopic (exact) mass is 272 g/mol. The Morgan fingerprint density at radius 2 is 1.95 bits per heavy atom. The van der Waals surface area contributed by atoms with Gasteiger partial charge in [-0.15, -0.1) is 0 Å². The molecule has 4 heteroatoms. The first-order chi connectivity index (χ1) is 9.47. The molecule has 4 nitrogen and oxygen atoms in total. The van der Waals surface area contributed by atoms with Crippen LogP contribution in [0.25, 0.3) is 11.1 Å². The minimum absolute atomic E-state index is 0.00370. The molecular weight excluding hydrogens is 252 g/mol. The predicted molar refractivity (Wildman–Crippen MR) is 80.1 cm³/mol. The summed E-state index contributed by atoms with van der Waals surface area (Å²) in [6.07, 6.45) is 0. The summed E-state index contributed by atoms with van der Waals surface area (Å²) in [7, 11) is 0. The number of hydrogen-bond donors (Lipinski definition) is 1. The number of aromatic nitrogens is 2. The number of rotatable bonds is 3. The Morgan fingerprint density at radius 1 is 1.30 bits per heavy atom. The molecule has 0 saturated carbocycles. The molecule has 0 saturated heterocycles. The topological polar surface area (TPSA) is 55.1 Å². The van der Waals surface area contributed by atoms with E-state index in [0.717, 1.165) is 11.1 Å². The van der Waals surface area contributed by atoms with Crippen LogP contribution in [0, 0.1) is 6.92 Å². The molecule has 106 valence electrons. The van der Waals surface area contributed by atoms with Crippen molar-refractivity contribution in [3.05, 3.63) is 45.9 Å². The lowest BCUT2D eigenvalue weighted by Gasteiger charge is -2.15. The van der Waals surface area contributed by atoms with E-state index in [2.05, 4.69) is 5.10 Å². The molecule has 2 rings (SSSR count). The number of nitrogens with zero attached hydrogens (tertiary/aromatic N) is 2. The zero-order valence-corrected chi connectivity index (χ0v) is 12.3. The van der Waals surface area contributed by atoms with Gasteiger partial charge in [-0.05, 0) is 25.0 Å². The second-order valence-electron chi connectivity index (χ2n) is 5.20. The molecule has 0 aliphatic heterocycles. The second kappa shape index (κ2) is 5.49. The van der Waals surface area contributed by atoms with Crippen LogP contribution in [0.4, 0.5) is 0 Å². The zero-order valence-electron chi connectivity index (χ0n) is 12.3. The number of benzene rings is 1. The smallest absolute Gasteiger partial charge is 0.278 e. The van der Waals surface area contributed by atoms with Crippen molar-refractivity contribution in [1.29, 1.82) is 0 Å². The van der Waals surface area contributed by atoms with Crippen molar-refractivity contribution in [2.24, 2.45) is 0 Å². The lowest BCUT2D eigenvalue weighted by molar-refractivity contribution is 0.446. The van der Waals surface area contributed by atoms with Gasteiger partial charge in [-0.2, -0.15) is 5.10 Å². The van der Waals surface area contributed by atoms with Crippen molar-refractivity contribution < 1.29 is 5.11 Å². The van der Waals surface area contributed by atoms with Crippen LogP contribution in [0.1, 0.15) is 37.9 Å². The van der Waals surface area contributed by atoms with Gasteiger partial charge in [0, 0.05) is 12.5 Å². The largest absolute Gasteiger partial charge is 0.505 e. The Morgan fingerprint density at radius 3 is 2.50 bits per heavy atom. The van der Waals surface area contributed by atoms with Crippen LogP contribution >= 0.6 is 0 Å². The summed E-state index contributed by atoms with van der Waals surface area (Å²) in [5, 5.41) is 14.7. The van der Waals surface area contributed by atoms with Crippen LogP contribution in [0.2, 0.25) is 0 Å². The first-order valence-electron chi connectivity index (χ1n) is 6.87. The van der Waals surface area contributed by atoms with Gasteiger partial charge in [-0.25, -0.2) is 4.68 Å². The highest BCUT2D eigenvalue weighted by Gasteiger charge is 2.20. The van der Waals surface area contributed by atoms with Crippen molar-refractivity contribution in [3.8, 4) is 16.9 Å². The Bertz CT molecular complexity index is 687. The fourth-order valence-corrected chi connectivity index (χ4v) is 2.28. The Hall–Kier alpha value is -2.10. The van der Waals surface area contributed by atoms with Gasteiger partial charge in [0.1, 0.15) is 5.69 Å². The summed E-state index contributed by atoms with van der Waals surface area (Å²) in [6.45, 7) is 8.19. The Kier molecular flexibility index (Phi) is 3.93. The molecule has 2 aromatic rings. The van der Waals surface area contributed by atoms with Crippen LogP contribution in [0.15, 0.2) is 29.1 Å². The maximum Gasteiger partial charge on any atom is 0.278 e. The molecule has 0 amide bonds. The van der Waals surface area contributed by atoms with Gasteiger partial charge in [0.25, 0.3) is 5.56 Å². The van der Waals surface area contributed by atoms with Crippen LogP contribution in [0.3, 0.4) is 0 Å². The number of hydrogen-bond acceptors (Lipinski definition) is 3. The third-order valence-corrected chi connectivity index (χ3v) is 3.42. The fraction of sp³-hybridized carbons (Fsp3) is 0.375. The van der Waals surface area contributed by atoms with Gasteiger partial charge in [0.05, 0.1) is 5.56 Å². The van der Waals surface area contributed by atoms with E-state index in [0.29, 0.717) is 17.8 Å². The van der Waals surface area contributed by atoms with E-state index in [1.54, 1.807) is 0 Å². The van der Waals surface area contributed by atoms with Gasteiger partial charge >= 0.3 is 0 Å². The lowest BCUT2D eigenvalue weighted by atomic mass is 9.98. The lowest BCUT2D eigenvalue weighted by Crippen LogP contribution is -2.25. The third-order valence-electron chi connectivity index (χ3n) is 3.42. The molecule has 0 fully saturated rings. The number of aryl methyl sites for hydroxylation is 2. The van der Waals surface area contributed by atoms with Gasteiger partial charge in [0.15, 0.2) is 5.75 Å². The molecule has 1 aromatic carbocycles. The summed E-state index contributed by atoms with van der Waals surface area (Å²) in [6, 6.07) is 7.57. The molecule has 0 aliphatic rings. The maximum absolute atomic E-state index is 12.5. The molecule has 0 atom stereocenters. The van der Waals surface area contributed by atoms with Crippen LogP contribution < -0.4 is 5.56 Å². The average molecular weight is 272 g/mol. The minimum Gasteiger partial charge on any atom is -0.505 e. The molecule has 0 unspecified atom stereocenters. The molecule has 1 N–H and O–H groups in total. The van der Waals surface area contributed by atoms with E-state index in [9.17, 15) is 9.90 Å². The van der Waals surface area contributed by atoms with Crippen molar-refractivity contribution in [3.63, 3.8) is 0 Å². The van der Waals surface area contributed by atoms with Crippen molar-refractivity contribution in [1.82, 2.24) is 9.78 Å². The SMILES string of the molecule is CCn1nc(C(C)C)c(O)c(-c2ccccc2C)c1=O. The minimum atomic E-state index is -0.247. The van der Waals surface area contributed by atoms with Gasteiger partial charge in [-0.1, -0.05) is 38.1 Å². The molecule has 1 heterocycles. The van der Waals surface area contributed by atoms with Crippen LogP contribution in [0.5, 0.6) is 5.75 Å². The van der Waals surface area contributed by atoms with Gasteiger partial charge in [-0.3, -0.25) is 4.79 Å². The van der Waals surface area contributed by atoms with E-state index < -0.39 is 0 Å². The predicted octanol–water partition coefficient (Wildman–Crippen LogP) is 3.07. The highest BCUT2D eigenvalue weighted by atomic mass is 16.3. The van der Waals surface area contributed by atoms with E-state index >= 15 is 0 Å². The maximum atomic E-state index is 12.5. The highest BCUT2D eigenvalue weighted by molar-refractivity contribution is 5.72. The molecule has 20 heavy (non-hydrogen) atoms. The molecule has 0 bridgehead atoms. The zero-order chi connectivity index (χ0) is 14.9. The van der Waals surface area contributed by atoms with Gasteiger partial charge in [0.2, 0.25) is 0 Å². The third kappa shape index (κ3) is 2.33. The van der Waals surface area contributed by atoms with Gasteiger partial charge < -0.3 is 5.11 Å². The first-order valence-corrected chi connectivity index (χ1v) is 6.87. The van der Waals surface area contributed by atoms with Crippen molar-refractivity contribution in [2.45, 2.75) is 40.2 Å². The number of aromatic hydroxyl groups is 1. The van der Waals surface area contributed by atoms with Crippen molar-refractivity contribution >= 4 is 0 Å². The first kappa shape index (κ1) is 14.3. The Balaban J connectivity index is 2.85. The van der Waals surface area contributed by atoms with Crippen molar-refractivity contribution in [2.75, 3.05) is 0 Å². The standard InChI is InChI=1S/C16H20N2O2/c1-5-18-16(20)13(12-9-7-6-8-11(12)4)15(19)14(17-18)10(2)3/h6-10,19H,5H2,1-4H3. The summed E-state index contributed by atoms with van der Waals surface area (Å²) in [5.41, 5.74) is 2.39.